The van der Waals surface area contributed by atoms with E-state index >= 15 is 0 Å². The fraction of sp³-hybridized carbons (Fsp3) is 0.364. The summed E-state index contributed by atoms with van der Waals surface area (Å²) >= 11 is 0. The normalized spacial score (nSPS) is 9.69. The number of ether oxygens (including phenoxy) is 2. The molecule has 0 atom stereocenters. The molecule has 0 aromatic heterocycles. The van der Waals surface area contributed by atoms with E-state index in [4.69, 9.17) is 15.2 Å². The van der Waals surface area contributed by atoms with Crippen LogP contribution in [0.3, 0.4) is 0 Å². The molecule has 0 spiro atoms. The van der Waals surface area contributed by atoms with Crippen molar-refractivity contribution in [1.82, 2.24) is 5.32 Å². The van der Waals surface area contributed by atoms with Gasteiger partial charge in [-0.05, 0) is 6.07 Å². The average molecular weight is 224 g/mol. The van der Waals surface area contributed by atoms with Crippen molar-refractivity contribution in [2.45, 2.75) is 6.54 Å². The summed E-state index contributed by atoms with van der Waals surface area (Å²) in [5.74, 6) is 1.06. The van der Waals surface area contributed by atoms with Gasteiger partial charge >= 0.3 is 0 Å². The maximum Gasteiger partial charge on any atom is 0.257 e. The molecule has 88 valence electrons. The molecule has 0 radical (unpaired) electrons. The first-order chi connectivity index (χ1) is 7.71. The van der Waals surface area contributed by atoms with Gasteiger partial charge in [0.25, 0.3) is 5.91 Å². The molecule has 0 saturated carbocycles. The zero-order chi connectivity index (χ0) is 12.0. The number of likely N-dealkylation sites (N-methyl/N-ethyl adjacent to an activating group) is 1. The summed E-state index contributed by atoms with van der Waals surface area (Å²) in [6, 6.07) is 5.33. The number of benzene rings is 1. The molecule has 0 heterocycles. The average Bonchev–Trinajstić information content (AvgIpc) is 2.35. The Morgan fingerprint density at radius 1 is 1.50 bits per heavy atom. The largest absolute Gasteiger partial charge is 0.497 e. The van der Waals surface area contributed by atoms with Gasteiger partial charge in [0.15, 0.2) is 6.61 Å². The van der Waals surface area contributed by atoms with Crippen molar-refractivity contribution in [3.63, 3.8) is 0 Å². The molecule has 0 unspecified atom stereocenters. The minimum Gasteiger partial charge on any atom is -0.497 e. The highest BCUT2D eigenvalue weighted by molar-refractivity contribution is 5.77. The highest BCUT2D eigenvalue weighted by Gasteiger charge is 2.06. The molecule has 0 bridgehead atoms. The van der Waals surface area contributed by atoms with Gasteiger partial charge in [0, 0.05) is 25.2 Å². The fourth-order valence-corrected chi connectivity index (χ4v) is 1.18. The number of carbonyl (C=O) groups excluding carboxylic acids is 1. The second-order valence-electron chi connectivity index (χ2n) is 3.14. The third-order valence-corrected chi connectivity index (χ3v) is 2.13. The maximum absolute atomic E-state index is 11.0. The first-order valence-corrected chi connectivity index (χ1v) is 4.91. The number of amides is 1. The molecule has 0 aliphatic rings. The molecule has 0 saturated heterocycles. The number of nitrogens with two attached hydrogens (primary N) is 1. The van der Waals surface area contributed by atoms with Gasteiger partial charge in [-0.1, -0.05) is 6.07 Å². The van der Waals surface area contributed by atoms with E-state index in [0.29, 0.717) is 18.0 Å². The summed E-state index contributed by atoms with van der Waals surface area (Å²) in [7, 11) is 3.13. The number of methoxy groups -OCH3 is 1. The minimum atomic E-state index is -0.189. The van der Waals surface area contributed by atoms with Crippen molar-refractivity contribution in [1.29, 1.82) is 0 Å². The highest BCUT2D eigenvalue weighted by Crippen LogP contribution is 2.24. The van der Waals surface area contributed by atoms with Crippen molar-refractivity contribution in [2.24, 2.45) is 5.73 Å². The standard InChI is InChI=1S/C11H16N2O3/c1-13-11(14)7-16-10-5-9(15-2)4-3-8(10)6-12/h3-5H,6-7,12H2,1-2H3,(H,13,14). The van der Waals surface area contributed by atoms with Crippen molar-refractivity contribution in [3.8, 4) is 11.5 Å². The van der Waals surface area contributed by atoms with E-state index in [1.54, 1.807) is 26.3 Å². The molecule has 1 rings (SSSR count). The van der Waals surface area contributed by atoms with E-state index < -0.39 is 0 Å². The summed E-state index contributed by atoms with van der Waals surface area (Å²) in [6.45, 7) is 0.323. The summed E-state index contributed by atoms with van der Waals surface area (Å²) in [5, 5.41) is 2.47. The van der Waals surface area contributed by atoms with Gasteiger partial charge in [-0.3, -0.25) is 4.79 Å². The Morgan fingerprint density at radius 2 is 2.25 bits per heavy atom. The van der Waals surface area contributed by atoms with Gasteiger partial charge in [0.05, 0.1) is 7.11 Å². The third kappa shape index (κ3) is 3.13. The molecule has 0 aliphatic carbocycles. The number of hydrogen-bond donors (Lipinski definition) is 2. The van der Waals surface area contributed by atoms with Crippen molar-refractivity contribution >= 4 is 5.91 Å². The Morgan fingerprint density at radius 3 is 2.81 bits per heavy atom. The second-order valence-corrected chi connectivity index (χ2v) is 3.14. The molecular formula is C11H16N2O3. The van der Waals surface area contributed by atoms with E-state index in [9.17, 15) is 4.79 Å². The first-order valence-electron chi connectivity index (χ1n) is 4.91. The molecule has 5 nitrogen and oxygen atoms in total. The molecule has 1 aromatic carbocycles. The van der Waals surface area contributed by atoms with Crippen LogP contribution in [0.15, 0.2) is 18.2 Å². The van der Waals surface area contributed by atoms with Crippen LogP contribution < -0.4 is 20.5 Å². The van der Waals surface area contributed by atoms with Crippen LogP contribution in [-0.4, -0.2) is 26.7 Å². The summed E-state index contributed by atoms with van der Waals surface area (Å²) in [5.41, 5.74) is 6.40. The molecule has 1 aromatic rings. The van der Waals surface area contributed by atoms with Crippen LogP contribution in [-0.2, 0) is 11.3 Å². The van der Waals surface area contributed by atoms with Gasteiger partial charge in [-0.2, -0.15) is 0 Å². The first kappa shape index (κ1) is 12.3. The molecule has 16 heavy (non-hydrogen) atoms. The Labute approximate surface area is 94.5 Å². The molecule has 1 amide bonds. The monoisotopic (exact) mass is 224 g/mol. The highest BCUT2D eigenvalue weighted by atomic mass is 16.5. The zero-order valence-electron chi connectivity index (χ0n) is 9.45. The number of rotatable bonds is 5. The lowest BCUT2D eigenvalue weighted by Gasteiger charge is -2.11. The van der Waals surface area contributed by atoms with Gasteiger partial charge in [-0.25, -0.2) is 0 Å². The molecule has 5 heteroatoms. The summed E-state index contributed by atoms with van der Waals surface area (Å²) in [6.07, 6.45) is 0. The van der Waals surface area contributed by atoms with Crippen LogP contribution in [0.4, 0.5) is 0 Å². The summed E-state index contributed by atoms with van der Waals surface area (Å²) < 4.78 is 10.4. The van der Waals surface area contributed by atoms with Crippen LogP contribution in [0.1, 0.15) is 5.56 Å². The zero-order valence-corrected chi connectivity index (χ0v) is 9.45. The molecule has 3 N–H and O–H groups in total. The van der Waals surface area contributed by atoms with Crippen LogP contribution in [0.25, 0.3) is 0 Å². The van der Waals surface area contributed by atoms with E-state index in [2.05, 4.69) is 5.32 Å². The molecule has 0 aliphatic heterocycles. The smallest absolute Gasteiger partial charge is 0.257 e. The molecule has 0 fully saturated rings. The minimum absolute atomic E-state index is 0.0311. The lowest BCUT2D eigenvalue weighted by atomic mass is 10.2. The van der Waals surface area contributed by atoms with Crippen molar-refractivity contribution < 1.29 is 14.3 Å². The Hall–Kier alpha value is -1.75. The Bertz CT molecular complexity index is 366. The van der Waals surface area contributed by atoms with Crippen LogP contribution >= 0.6 is 0 Å². The van der Waals surface area contributed by atoms with Gasteiger partial charge in [0.1, 0.15) is 11.5 Å². The quantitative estimate of drug-likeness (QED) is 0.753. The molecular weight excluding hydrogens is 208 g/mol. The lowest BCUT2D eigenvalue weighted by molar-refractivity contribution is -0.122. The van der Waals surface area contributed by atoms with Gasteiger partial charge in [-0.15, -0.1) is 0 Å². The topological polar surface area (TPSA) is 73.6 Å². The SMILES string of the molecule is CNC(=O)COc1cc(OC)ccc1CN. The van der Waals surface area contributed by atoms with Gasteiger partial charge in [0.2, 0.25) is 0 Å². The van der Waals surface area contributed by atoms with Crippen LogP contribution in [0.5, 0.6) is 11.5 Å². The van der Waals surface area contributed by atoms with E-state index in [-0.39, 0.29) is 12.5 Å². The third-order valence-electron chi connectivity index (χ3n) is 2.13. The predicted octanol–water partition coefficient (Wildman–Crippen LogP) is 0.279. The Kier molecular flexibility index (Phi) is 4.60. The second kappa shape index (κ2) is 5.97. The van der Waals surface area contributed by atoms with E-state index in [1.165, 1.54) is 0 Å². The van der Waals surface area contributed by atoms with Crippen molar-refractivity contribution in [2.75, 3.05) is 20.8 Å². The van der Waals surface area contributed by atoms with Crippen molar-refractivity contribution in [3.05, 3.63) is 23.8 Å². The van der Waals surface area contributed by atoms with Crippen LogP contribution in [0.2, 0.25) is 0 Å². The van der Waals surface area contributed by atoms with E-state index in [1.807, 2.05) is 6.07 Å². The number of nitrogens with one attached hydrogen (secondary N) is 1. The Balaban J connectivity index is 2.78. The van der Waals surface area contributed by atoms with E-state index in [0.717, 1.165) is 5.56 Å². The number of hydrogen-bond acceptors (Lipinski definition) is 4. The maximum atomic E-state index is 11.0. The fourth-order valence-electron chi connectivity index (χ4n) is 1.18. The predicted molar refractivity (Wildman–Crippen MR) is 60.4 cm³/mol. The van der Waals surface area contributed by atoms with Gasteiger partial charge < -0.3 is 20.5 Å². The summed E-state index contributed by atoms with van der Waals surface area (Å²) in [4.78, 5) is 11.0. The van der Waals surface area contributed by atoms with Crippen LogP contribution in [0, 0.1) is 0 Å². The number of carbonyl (C=O) groups is 1. The lowest BCUT2D eigenvalue weighted by Crippen LogP contribution is -2.25.